The van der Waals surface area contributed by atoms with E-state index >= 15 is 0 Å². The number of aromatic nitrogens is 4. The van der Waals surface area contributed by atoms with Crippen molar-refractivity contribution in [2.24, 2.45) is 0 Å². The van der Waals surface area contributed by atoms with Crippen molar-refractivity contribution in [3.8, 4) is 11.4 Å². The monoisotopic (exact) mass is 347 g/mol. The van der Waals surface area contributed by atoms with E-state index in [1.54, 1.807) is 24.3 Å². The Balaban J connectivity index is 1.73. The summed E-state index contributed by atoms with van der Waals surface area (Å²) >= 11 is 6.14. The van der Waals surface area contributed by atoms with Crippen molar-refractivity contribution in [2.75, 3.05) is 11.9 Å². The van der Waals surface area contributed by atoms with E-state index in [1.165, 1.54) is 11.6 Å². The fourth-order valence-corrected chi connectivity index (χ4v) is 2.26. The minimum absolute atomic E-state index is 0.317. The summed E-state index contributed by atoms with van der Waals surface area (Å²) in [7, 11) is 0. The van der Waals surface area contributed by atoms with Crippen molar-refractivity contribution in [2.45, 2.75) is 13.8 Å². The van der Waals surface area contributed by atoms with Gasteiger partial charge in [-0.1, -0.05) is 11.6 Å². The van der Waals surface area contributed by atoms with Crippen LogP contribution in [0.4, 0.5) is 5.69 Å². The number of rotatable bonds is 4. The van der Waals surface area contributed by atoms with Gasteiger partial charge >= 0.3 is 5.97 Å². The van der Waals surface area contributed by atoms with Gasteiger partial charge in [-0.05, 0) is 31.2 Å². The Kier molecular flexibility index (Phi) is 4.22. The van der Waals surface area contributed by atoms with E-state index in [4.69, 9.17) is 11.6 Å². The molecular formula is C15H14ClN5O3. The van der Waals surface area contributed by atoms with Crippen LogP contribution in [0.2, 0.25) is 5.02 Å². The van der Waals surface area contributed by atoms with Gasteiger partial charge < -0.3 is 10.1 Å². The molecule has 0 atom stereocenters. The Morgan fingerprint density at radius 1 is 1.33 bits per heavy atom. The summed E-state index contributed by atoms with van der Waals surface area (Å²) in [6.45, 7) is 2.77. The van der Waals surface area contributed by atoms with Crippen LogP contribution in [-0.2, 0) is 14.3 Å². The average Bonchev–Trinajstić information content (AvgIpc) is 3.06. The van der Waals surface area contributed by atoms with Gasteiger partial charge in [-0.3, -0.25) is 14.7 Å². The molecule has 8 nitrogen and oxygen atoms in total. The predicted octanol–water partition coefficient (Wildman–Crippen LogP) is 2.19. The number of amides is 1. The quantitative estimate of drug-likeness (QED) is 0.704. The van der Waals surface area contributed by atoms with E-state index in [9.17, 15) is 9.59 Å². The van der Waals surface area contributed by atoms with E-state index < -0.39 is 11.9 Å². The van der Waals surface area contributed by atoms with Gasteiger partial charge in [0.05, 0.1) is 5.69 Å². The summed E-state index contributed by atoms with van der Waals surface area (Å²) in [5.74, 6) is -0.398. The SMILES string of the molecule is CC(=O)OCC(=O)Nc1ccc(-c2nc3c(Cl)c(C)[nH]n3n2)cc1. The van der Waals surface area contributed by atoms with E-state index in [-0.39, 0.29) is 6.61 Å². The number of nitrogens with zero attached hydrogens (tertiary/aromatic N) is 3. The van der Waals surface area contributed by atoms with Gasteiger partial charge in [0.15, 0.2) is 18.1 Å². The lowest BCUT2D eigenvalue weighted by Crippen LogP contribution is -2.19. The van der Waals surface area contributed by atoms with Crippen LogP contribution in [-0.4, -0.2) is 38.3 Å². The predicted molar refractivity (Wildman–Crippen MR) is 87.8 cm³/mol. The molecule has 1 amide bonds. The molecule has 0 aliphatic rings. The highest BCUT2D eigenvalue weighted by molar-refractivity contribution is 6.34. The van der Waals surface area contributed by atoms with Gasteiger partial charge in [0.1, 0.15) is 5.02 Å². The average molecular weight is 348 g/mol. The standard InChI is InChI=1S/C15H14ClN5O3/c1-8-13(16)15-18-14(20-21(15)19-8)10-3-5-11(6-4-10)17-12(23)7-24-9(2)22/h3-6,19H,7H2,1-2H3,(H,17,23). The third-order valence-corrected chi connectivity index (χ3v) is 3.69. The number of hydrogen-bond donors (Lipinski definition) is 2. The van der Waals surface area contributed by atoms with Crippen LogP contribution in [0.5, 0.6) is 0 Å². The molecule has 2 heterocycles. The molecule has 0 spiro atoms. The van der Waals surface area contributed by atoms with Crippen molar-refractivity contribution in [3.63, 3.8) is 0 Å². The van der Waals surface area contributed by atoms with E-state index in [2.05, 4.69) is 25.2 Å². The molecule has 2 N–H and O–H groups in total. The molecule has 0 fully saturated rings. The van der Waals surface area contributed by atoms with Crippen LogP contribution in [0.15, 0.2) is 24.3 Å². The Morgan fingerprint density at radius 2 is 2.04 bits per heavy atom. The largest absolute Gasteiger partial charge is 0.456 e. The van der Waals surface area contributed by atoms with E-state index in [1.807, 2.05) is 6.92 Å². The maximum absolute atomic E-state index is 11.6. The van der Waals surface area contributed by atoms with Crippen molar-refractivity contribution in [3.05, 3.63) is 35.0 Å². The van der Waals surface area contributed by atoms with Crippen LogP contribution >= 0.6 is 11.6 Å². The fourth-order valence-electron chi connectivity index (χ4n) is 2.10. The molecule has 1 aromatic carbocycles. The minimum Gasteiger partial charge on any atom is -0.456 e. The highest BCUT2D eigenvalue weighted by Gasteiger charge is 2.13. The molecule has 0 aliphatic heterocycles. The van der Waals surface area contributed by atoms with Crippen LogP contribution in [0.3, 0.4) is 0 Å². The molecule has 0 radical (unpaired) electrons. The van der Waals surface area contributed by atoms with E-state index in [0.29, 0.717) is 22.2 Å². The molecule has 2 aromatic heterocycles. The number of nitrogens with one attached hydrogen (secondary N) is 2. The van der Waals surface area contributed by atoms with Crippen molar-refractivity contribution in [1.29, 1.82) is 0 Å². The topological polar surface area (TPSA) is 101 Å². The molecular weight excluding hydrogens is 334 g/mol. The Hall–Kier alpha value is -2.87. The third kappa shape index (κ3) is 3.23. The number of ether oxygens (including phenoxy) is 1. The van der Waals surface area contributed by atoms with Crippen molar-refractivity contribution >= 4 is 34.8 Å². The van der Waals surface area contributed by atoms with Gasteiger partial charge in [0.2, 0.25) is 0 Å². The number of aryl methyl sites for hydroxylation is 1. The molecule has 0 bridgehead atoms. The van der Waals surface area contributed by atoms with Gasteiger partial charge in [-0.25, -0.2) is 4.98 Å². The second-order valence-electron chi connectivity index (χ2n) is 5.13. The lowest BCUT2D eigenvalue weighted by atomic mass is 10.2. The first-order valence-electron chi connectivity index (χ1n) is 7.08. The normalized spacial score (nSPS) is 10.8. The zero-order chi connectivity index (χ0) is 17.3. The number of benzene rings is 1. The molecule has 0 aliphatic carbocycles. The zero-order valence-electron chi connectivity index (χ0n) is 13.0. The Labute approximate surface area is 141 Å². The molecule has 0 saturated heterocycles. The smallest absolute Gasteiger partial charge is 0.303 e. The number of esters is 1. The number of fused-ring (bicyclic) bond motifs is 1. The lowest BCUT2D eigenvalue weighted by molar-refractivity contribution is -0.144. The summed E-state index contributed by atoms with van der Waals surface area (Å²) in [5, 5.41) is 10.5. The number of aromatic amines is 1. The Morgan fingerprint density at radius 3 is 2.67 bits per heavy atom. The maximum atomic E-state index is 11.6. The molecule has 3 rings (SSSR count). The van der Waals surface area contributed by atoms with Gasteiger partial charge in [0.25, 0.3) is 5.91 Å². The molecule has 9 heteroatoms. The van der Waals surface area contributed by atoms with Crippen molar-refractivity contribution < 1.29 is 14.3 Å². The lowest BCUT2D eigenvalue weighted by Gasteiger charge is -2.05. The summed E-state index contributed by atoms with van der Waals surface area (Å²) < 4.78 is 6.14. The van der Waals surface area contributed by atoms with Gasteiger partial charge in [0, 0.05) is 18.2 Å². The first-order valence-corrected chi connectivity index (χ1v) is 7.46. The number of carbonyl (C=O) groups is 2. The molecule has 24 heavy (non-hydrogen) atoms. The highest BCUT2D eigenvalue weighted by Crippen LogP contribution is 2.24. The number of H-pyrrole nitrogens is 1. The number of anilines is 1. The molecule has 0 saturated carbocycles. The van der Waals surface area contributed by atoms with Crippen LogP contribution < -0.4 is 5.32 Å². The summed E-state index contributed by atoms with van der Waals surface area (Å²) in [6.07, 6.45) is 0. The van der Waals surface area contributed by atoms with Gasteiger partial charge in [-0.15, -0.1) is 5.10 Å². The second kappa shape index (κ2) is 6.32. The number of halogens is 1. The van der Waals surface area contributed by atoms with Crippen LogP contribution in [0, 0.1) is 6.92 Å². The van der Waals surface area contributed by atoms with Crippen LogP contribution in [0.25, 0.3) is 17.0 Å². The Bertz CT molecular complexity index is 913. The first-order chi connectivity index (χ1) is 11.4. The zero-order valence-corrected chi connectivity index (χ0v) is 13.7. The van der Waals surface area contributed by atoms with Gasteiger partial charge in [-0.2, -0.15) is 4.63 Å². The summed E-state index contributed by atoms with van der Waals surface area (Å²) in [4.78, 5) is 26.6. The minimum atomic E-state index is -0.504. The third-order valence-electron chi connectivity index (χ3n) is 3.24. The highest BCUT2D eigenvalue weighted by atomic mass is 35.5. The molecule has 124 valence electrons. The number of carbonyl (C=O) groups excluding carboxylic acids is 2. The molecule has 0 unspecified atom stereocenters. The molecule has 3 aromatic rings. The first kappa shape index (κ1) is 16.0. The fraction of sp³-hybridized carbons (Fsp3) is 0.200. The van der Waals surface area contributed by atoms with Crippen LogP contribution in [0.1, 0.15) is 12.6 Å². The van der Waals surface area contributed by atoms with Crippen molar-refractivity contribution in [1.82, 2.24) is 19.8 Å². The number of hydrogen-bond acceptors (Lipinski definition) is 5. The maximum Gasteiger partial charge on any atom is 0.303 e. The second-order valence-corrected chi connectivity index (χ2v) is 5.51. The summed E-state index contributed by atoms with van der Waals surface area (Å²) in [5.41, 5.74) is 2.71. The van der Waals surface area contributed by atoms with E-state index in [0.717, 1.165) is 11.3 Å². The summed E-state index contributed by atoms with van der Waals surface area (Å²) in [6, 6.07) is 6.97.